The third kappa shape index (κ3) is 5.17. The third-order valence-corrected chi connectivity index (χ3v) is 5.65. The number of nitrogens with zero attached hydrogens (tertiary/aromatic N) is 2. The summed E-state index contributed by atoms with van der Waals surface area (Å²) in [5.41, 5.74) is 4.01. The molecule has 0 radical (unpaired) electrons. The number of amides is 1. The van der Waals surface area contributed by atoms with Crippen LogP contribution in [0.25, 0.3) is 11.0 Å². The van der Waals surface area contributed by atoms with Crippen LogP contribution in [-0.2, 0) is 13.0 Å². The SMILES string of the molecule is COc1ccccc1Cn1c(CCCCCNC(=O)c2ccccc2)nc2ccccc21. The zero-order valence-electron chi connectivity index (χ0n) is 18.5. The van der Waals surface area contributed by atoms with Crippen molar-refractivity contribution in [2.45, 2.75) is 32.2 Å². The molecule has 0 saturated heterocycles. The summed E-state index contributed by atoms with van der Waals surface area (Å²) >= 11 is 0. The van der Waals surface area contributed by atoms with Gasteiger partial charge in [0.25, 0.3) is 5.91 Å². The van der Waals surface area contributed by atoms with Gasteiger partial charge in [0.1, 0.15) is 11.6 Å². The fourth-order valence-corrected chi connectivity index (χ4v) is 3.98. The van der Waals surface area contributed by atoms with Crippen molar-refractivity contribution in [2.75, 3.05) is 13.7 Å². The van der Waals surface area contributed by atoms with Gasteiger partial charge in [-0.05, 0) is 43.2 Å². The number of unbranched alkanes of at least 4 members (excludes halogenated alkanes) is 2. The number of rotatable bonds is 10. The van der Waals surface area contributed by atoms with E-state index in [0.717, 1.165) is 60.4 Å². The second kappa shape index (κ2) is 10.6. The highest BCUT2D eigenvalue weighted by atomic mass is 16.5. The van der Waals surface area contributed by atoms with E-state index >= 15 is 0 Å². The molecule has 1 amide bonds. The van der Waals surface area contributed by atoms with E-state index in [0.29, 0.717) is 12.1 Å². The Bertz CT molecular complexity index is 1170. The van der Waals surface area contributed by atoms with Gasteiger partial charge in [0, 0.05) is 24.1 Å². The van der Waals surface area contributed by atoms with Crippen molar-refractivity contribution in [1.82, 2.24) is 14.9 Å². The van der Waals surface area contributed by atoms with Gasteiger partial charge in [-0.3, -0.25) is 4.79 Å². The first-order valence-electron chi connectivity index (χ1n) is 11.2. The summed E-state index contributed by atoms with van der Waals surface area (Å²) < 4.78 is 7.85. The molecule has 0 saturated carbocycles. The number of benzene rings is 3. The van der Waals surface area contributed by atoms with Crippen molar-refractivity contribution in [2.24, 2.45) is 0 Å². The van der Waals surface area contributed by atoms with Crippen LogP contribution < -0.4 is 10.1 Å². The van der Waals surface area contributed by atoms with Crippen LogP contribution in [0.15, 0.2) is 78.9 Å². The lowest BCUT2D eigenvalue weighted by Gasteiger charge is -2.12. The lowest BCUT2D eigenvalue weighted by molar-refractivity contribution is 0.0953. The molecule has 1 aromatic heterocycles. The number of hydrogen-bond acceptors (Lipinski definition) is 3. The standard InChI is InChI=1S/C27H29N3O2/c1-32-25-17-10-7-14-22(25)20-30-24-16-9-8-15-23(24)29-26(30)18-6-3-11-19-28-27(31)21-12-4-2-5-13-21/h2,4-5,7-10,12-17H,3,6,11,18-20H2,1H3,(H,28,31). The number of hydrogen-bond donors (Lipinski definition) is 1. The van der Waals surface area contributed by atoms with Crippen molar-refractivity contribution < 1.29 is 9.53 Å². The summed E-state index contributed by atoms with van der Waals surface area (Å²) in [7, 11) is 1.71. The van der Waals surface area contributed by atoms with Crippen LogP contribution in [0, 0.1) is 0 Å². The molecule has 1 N–H and O–H groups in total. The van der Waals surface area contributed by atoms with Crippen molar-refractivity contribution >= 4 is 16.9 Å². The molecule has 0 unspecified atom stereocenters. The lowest BCUT2D eigenvalue weighted by atomic mass is 10.1. The molecule has 0 spiro atoms. The third-order valence-electron chi connectivity index (χ3n) is 5.65. The van der Waals surface area contributed by atoms with E-state index in [-0.39, 0.29) is 5.91 Å². The highest BCUT2D eigenvalue weighted by Gasteiger charge is 2.12. The van der Waals surface area contributed by atoms with Gasteiger partial charge in [0.2, 0.25) is 0 Å². The molecule has 4 rings (SSSR count). The number of nitrogens with one attached hydrogen (secondary N) is 1. The summed E-state index contributed by atoms with van der Waals surface area (Å²) in [5, 5.41) is 3.00. The summed E-state index contributed by atoms with van der Waals surface area (Å²) in [6, 6.07) is 25.8. The maximum Gasteiger partial charge on any atom is 0.251 e. The Morgan fingerprint density at radius 3 is 2.50 bits per heavy atom. The molecule has 3 aromatic carbocycles. The smallest absolute Gasteiger partial charge is 0.251 e. The van der Waals surface area contributed by atoms with E-state index in [1.54, 1.807) is 7.11 Å². The topological polar surface area (TPSA) is 56.1 Å². The van der Waals surface area contributed by atoms with E-state index in [1.807, 2.05) is 54.6 Å². The largest absolute Gasteiger partial charge is 0.496 e. The van der Waals surface area contributed by atoms with Gasteiger partial charge in [-0.2, -0.15) is 0 Å². The predicted octanol–water partition coefficient (Wildman–Crippen LogP) is 5.24. The Morgan fingerprint density at radius 2 is 1.66 bits per heavy atom. The Labute approximate surface area is 189 Å². The van der Waals surface area contributed by atoms with Crippen LogP contribution in [0.3, 0.4) is 0 Å². The number of imidazole rings is 1. The first-order chi connectivity index (χ1) is 15.8. The maximum absolute atomic E-state index is 12.1. The molecule has 0 atom stereocenters. The molecule has 0 fully saturated rings. The molecule has 0 bridgehead atoms. The first kappa shape index (κ1) is 21.6. The first-order valence-corrected chi connectivity index (χ1v) is 11.2. The van der Waals surface area contributed by atoms with Crippen molar-refractivity contribution in [1.29, 1.82) is 0 Å². The summed E-state index contributed by atoms with van der Waals surface area (Å²) in [4.78, 5) is 17.0. The molecule has 0 aliphatic carbocycles. The molecular weight excluding hydrogens is 398 g/mol. The lowest BCUT2D eigenvalue weighted by Crippen LogP contribution is -2.24. The van der Waals surface area contributed by atoms with Crippen LogP contribution in [0.4, 0.5) is 0 Å². The van der Waals surface area contributed by atoms with Gasteiger partial charge in [0.05, 0.1) is 24.7 Å². The van der Waals surface area contributed by atoms with Gasteiger partial charge < -0.3 is 14.6 Å². The highest BCUT2D eigenvalue weighted by Crippen LogP contribution is 2.24. The summed E-state index contributed by atoms with van der Waals surface area (Å²) in [6.07, 6.45) is 3.91. The van der Waals surface area contributed by atoms with Crippen molar-refractivity contribution in [3.63, 3.8) is 0 Å². The Kier molecular flexibility index (Phi) is 7.18. The monoisotopic (exact) mass is 427 g/mol. The van der Waals surface area contributed by atoms with Crippen LogP contribution in [0.5, 0.6) is 5.75 Å². The van der Waals surface area contributed by atoms with Crippen molar-refractivity contribution in [3.8, 4) is 5.75 Å². The zero-order chi connectivity index (χ0) is 22.2. The quantitative estimate of drug-likeness (QED) is 0.352. The average Bonchev–Trinajstić information content (AvgIpc) is 3.19. The number of aromatic nitrogens is 2. The second-order valence-electron chi connectivity index (χ2n) is 7.85. The number of para-hydroxylation sites is 3. The van der Waals surface area contributed by atoms with Crippen molar-refractivity contribution in [3.05, 3.63) is 95.8 Å². The number of aryl methyl sites for hydroxylation is 1. The minimum atomic E-state index is -0.01000. The Hall–Kier alpha value is -3.60. The summed E-state index contributed by atoms with van der Waals surface area (Å²) in [6.45, 7) is 1.42. The number of carbonyl (C=O) groups excluding carboxylic acids is 1. The Morgan fingerprint density at radius 1 is 0.906 bits per heavy atom. The predicted molar refractivity (Wildman–Crippen MR) is 128 cm³/mol. The van der Waals surface area contributed by atoms with Gasteiger partial charge >= 0.3 is 0 Å². The highest BCUT2D eigenvalue weighted by molar-refractivity contribution is 5.94. The molecule has 5 heteroatoms. The van der Waals surface area contributed by atoms with Crippen LogP contribution in [0.2, 0.25) is 0 Å². The van der Waals surface area contributed by atoms with Crippen LogP contribution in [-0.4, -0.2) is 29.1 Å². The van der Waals surface area contributed by atoms with E-state index in [9.17, 15) is 4.79 Å². The van der Waals surface area contributed by atoms with Crippen LogP contribution >= 0.6 is 0 Å². The fourth-order valence-electron chi connectivity index (χ4n) is 3.98. The zero-order valence-corrected chi connectivity index (χ0v) is 18.5. The molecule has 5 nitrogen and oxygen atoms in total. The second-order valence-corrected chi connectivity index (χ2v) is 7.85. The number of ether oxygens (including phenoxy) is 1. The van der Waals surface area contributed by atoms with E-state index < -0.39 is 0 Å². The van der Waals surface area contributed by atoms with Gasteiger partial charge in [-0.1, -0.05) is 55.0 Å². The minimum Gasteiger partial charge on any atom is -0.496 e. The molecule has 0 aliphatic heterocycles. The minimum absolute atomic E-state index is 0.01000. The van der Waals surface area contributed by atoms with E-state index in [1.165, 1.54) is 0 Å². The molecule has 4 aromatic rings. The number of fused-ring (bicyclic) bond motifs is 1. The fraction of sp³-hybridized carbons (Fsp3) is 0.259. The molecule has 1 heterocycles. The molecule has 164 valence electrons. The van der Waals surface area contributed by atoms with E-state index in [2.05, 4.69) is 34.1 Å². The van der Waals surface area contributed by atoms with E-state index in [4.69, 9.17) is 9.72 Å². The van der Waals surface area contributed by atoms with Gasteiger partial charge in [0.15, 0.2) is 0 Å². The molecule has 0 aliphatic rings. The molecular formula is C27H29N3O2. The average molecular weight is 428 g/mol. The normalized spacial score (nSPS) is 10.9. The molecule has 32 heavy (non-hydrogen) atoms. The van der Waals surface area contributed by atoms with Gasteiger partial charge in [-0.25, -0.2) is 4.98 Å². The maximum atomic E-state index is 12.1. The van der Waals surface area contributed by atoms with Gasteiger partial charge in [-0.15, -0.1) is 0 Å². The number of carbonyl (C=O) groups is 1. The Balaban J connectivity index is 1.36. The summed E-state index contributed by atoms with van der Waals surface area (Å²) in [5.74, 6) is 1.97. The van der Waals surface area contributed by atoms with Crippen LogP contribution in [0.1, 0.15) is 41.0 Å². The number of methoxy groups -OCH3 is 1.